The van der Waals surface area contributed by atoms with Crippen molar-refractivity contribution in [3.8, 4) is 0 Å². The van der Waals surface area contributed by atoms with Gasteiger partial charge in [-0.3, -0.25) is 0 Å². The van der Waals surface area contributed by atoms with E-state index in [1.54, 1.807) is 0 Å². The van der Waals surface area contributed by atoms with Crippen LogP contribution in [0.4, 0.5) is 0 Å². The zero-order chi connectivity index (χ0) is 4.00. The Hall–Kier alpha value is 1.08. The van der Waals surface area contributed by atoms with E-state index in [1.807, 2.05) is 0 Å². The monoisotopic (exact) mass is 184 g/mol. The van der Waals surface area contributed by atoms with Crippen molar-refractivity contribution in [3.63, 3.8) is 0 Å². The van der Waals surface area contributed by atoms with Gasteiger partial charge in [-0.25, -0.2) is 23.7 Å². The molecule has 0 spiro atoms. The molecule has 36 valence electrons. The molecular weight excluding hydrogens is 184 g/mol. The van der Waals surface area contributed by atoms with Crippen molar-refractivity contribution >= 4 is 23.7 Å². The molecule has 0 aromatic heterocycles. The van der Waals surface area contributed by atoms with Crippen LogP contribution >= 0.6 is 23.7 Å². The average Bonchev–Trinajstić information content (AvgIpc) is 1.50. The van der Waals surface area contributed by atoms with Crippen LogP contribution in [-0.2, 0) is 19.5 Å². The Bertz CT molecular complexity index is 8.75. The van der Waals surface area contributed by atoms with Gasteiger partial charge in [0.05, 0.1) is 0 Å². The standard InChI is InChI=1S/2ClO.H2O.Zn/c2*1-2;;/h;;1H2;/q2*-1;;+2. The van der Waals surface area contributed by atoms with E-state index in [0.717, 1.165) is 0 Å². The third-order valence-electron chi connectivity index (χ3n) is 0. The predicted molar refractivity (Wildman–Crippen MR) is 15.3 cm³/mol. The Morgan fingerprint density at radius 3 is 0.833 bits per heavy atom. The summed E-state index contributed by atoms with van der Waals surface area (Å²) in [6.07, 6.45) is 0. The average molecular weight is 186 g/mol. The fourth-order valence-electron chi connectivity index (χ4n) is 0. The summed E-state index contributed by atoms with van der Waals surface area (Å²) in [4.78, 5) is 0. The SMILES string of the molecule is O.[O-]Cl.[O-]Cl.[Zn+2]. The van der Waals surface area contributed by atoms with Gasteiger partial charge < -0.3 is 14.8 Å². The molecule has 0 aliphatic rings. The fourth-order valence-corrected chi connectivity index (χ4v) is 0. The van der Waals surface area contributed by atoms with Crippen molar-refractivity contribution in [2.45, 2.75) is 0 Å². The van der Waals surface area contributed by atoms with Gasteiger partial charge in [0.1, 0.15) is 0 Å². The van der Waals surface area contributed by atoms with Gasteiger partial charge in [-0.05, 0) is 0 Å². The summed E-state index contributed by atoms with van der Waals surface area (Å²) < 4.78 is 15.4. The Morgan fingerprint density at radius 2 is 0.833 bits per heavy atom. The van der Waals surface area contributed by atoms with E-state index in [1.165, 1.54) is 0 Å². The summed E-state index contributed by atoms with van der Waals surface area (Å²) >= 11 is 6.78. The van der Waals surface area contributed by atoms with Gasteiger partial charge in [-0.1, -0.05) is 0 Å². The maximum Gasteiger partial charge on any atom is 2.00 e. The molecule has 0 fully saturated rings. The van der Waals surface area contributed by atoms with Crippen molar-refractivity contribution in [2.75, 3.05) is 0 Å². The molecule has 0 saturated carbocycles. The van der Waals surface area contributed by atoms with Crippen molar-refractivity contribution in [2.24, 2.45) is 0 Å². The summed E-state index contributed by atoms with van der Waals surface area (Å²) in [6.45, 7) is 0. The molecule has 6 heavy (non-hydrogen) atoms. The number of hydrogen-bond donors (Lipinski definition) is 0. The van der Waals surface area contributed by atoms with E-state index in [0.29, 0.717) is 0 Å². The molecule has 0 heterocycles. The van der Waals surface area contributed by atoms with Crippen LogP contribution in [0.2, 0.25) is 0 Å². The Balaban J connectivity index is -0.00000000500. The summed E-state index contributed by atoms with van der Waals surface area (Å²) in [6, 6.07) is 0. The van der Waals surface area contributed by atoms with Gasteiger partial charge in [-0.15, -0.1) is 0 Å². The fraction of sp³-hybridized carbons (Fsp3) is 0. The quantitative estimate of drug-likeness (QED) is 0.417. The molecule has 0 atom stereocenters. The van der Waals surface area contributed by atoms with Crippen LogP contribution < -0.4 is 9.32 Å². The Morgan fingerprint density at radius 1 is 0.833 bits per heavy atom. The third-order valence-corrected chi connectivity index (χ3v) is 0. The van der Waals surface area contributed by atoms with Gasteiger partial charge in [0.15, 0.2) is 0 Å². The van der Waals surface area contributed by atoms with Gasteiger partial charge in [0, 0.05) is 0 Å². The number of halogens is 2. The van der Waals surface area contributed by atoms with Crippen LogP contribution in [0.15, 0.2) is 0 Å². The minimum absolute atomic E-state index is 0. The molecule has 0 saturated heterocycles. The summed E-state index contributed by atoms with van der Waals surface area (Å²) in [7, 11) is 0. The van der Waals surface area contributed by atoms with Gasteiger partial charge in [0.25, 0.3) is 0 Å². The number of rotatable bonds is 0. The molecule has 0 aliphatic heterocycles. The molecule has 6 heteroatoms. The first-order chi connectivity index (χ1) is 2.00. The first kappa shape index (κ1) is 27.6. The Kier molecular flexibility index (Phi) is 615. The van der Waals surface area contributed by atoms with E-state index < -0.39 is 0 Å². The predicted octanol–water partition coefficient (Wildman–Crippen LogP) is -1.83. The molecule has 0 amide bonds. The van der Waals surface area contributed by atoms with Gasteiger partial charge in [0.2, 0.25) is 0 Å². The Labute approximate surface area is 58.3 Å². The molecule has 0 bridgehead atoms. The van der Waals surface area contributed by atoms with Gasteiger partial charge in [-0.2, -0.15) is 0 Å². The van der Waals surface area contributed by atoms with Crippen LogP contribution in [0, 0.1) is 0 Å². The topological polar surface area (TPSA) is 77.6 Å². The van der Waals surface area contributed by atoms with E-state index in [-0.39, 0.29) is 25.0 Å². The second kappa shape index (κ2) is 134. The summed E-state index contributed by atoms with van der Waals surface area (Å²) in [5.41, 5.74) is 0. The summed E-state index contributed by atoms with van der Waals surface area (Å²) in [5.74, 6) is 0. The van der Waals surface area contributed by atoms with Crippen molar-refractivity contribution < 1.29 is 34.3 Å². The van der Waals surface area contributed by atoms with Crippen molar-refractivity contribution in [3.05, 3.63) is 0 Å². The molecule has 2 N–H and O–H groups in total. The first-order valence-electron chi connectivity index (χ1n) is 0.309. The zero-order valence-corrected chi connectivity index (χ0v) is 7.26. The van der Waals surface area contributed by atoms with Crippen LogP contribution in [0.1, 0.15) is 0 Å². The second-order valence-electron chi connectivity index (χ2n) is 0. The summed E-state index contributed by atoms with van der Waals surface area (Å²) in [5, 5.41) is 0. The second-order valence-corrected chi connectivity index (χ2v) is 0. The van der Waals surface area contributed by atoms with E-state index in [9.17, 15) is 0 Å². The van der Waals surface area contributed by atoms with E-state index in [2.05, 4.69) is 23.7 Å². The van der Waals surface area contributed by atoms with E-state index >= 15 is 0 Å². The van der Waals surface area contributed by atoms with Crippen molar-refractivity contribution in [1.29, 1.82) is 0 Å². The molecule has 0 rings (SSSR count). The molecule has 3 nitrogen and oxygen atoms in total. The normalized spacial score (nSPS) is 2.00. The molecule has 0 unspecified atom stereocenters. The molecule has 0 aliphatic carbocycles. The maximum absolute atomic E-state index is 7.72. The maximum atomic E-state index is 7.72. The molecule has 0 aromatic carbocycles. The van der Waals surface area contributed by atoms with Crippen LogP contribution in [0.5, 0.6) is 0 Å². The van der Waals surface area contributed by atoms with Crippen LogP contribution in [-0.4, -0.2) is 5.48 Å². The smallest absolute Gasteiger partial charge is 0.769 e. The van der Waals surface area contributed by atoms with E-state index in [4.69, 9.17) is 9.32 Å². The zero-order valence-electron chi connectivity index (χ0n) is 2.78. The molecule has 0 aromatic rings. The van der Waals surface area contributed by atoms with Gasteiger partial charge >= 0.3 is 19.5 Å². The third kappa shape index (κ3) is 72.2. The van der Waals surface area contributed by atoms with Crippen molar-refractivity contribution in [1.82, 2.24) is 0 Å². The minimum Gasteiger partial charge on any atom is -0.769 e. The largest absolute Gasteiger partial charge is 2.00 e. The molecule has 0 radical (unpaired) electrons. The molecular formula is H2Cl2O3Zn. The van der Waals surface area contributed by atoms with Crippen LogP contribution in [0.3, 0.4) is 0 Å². The number of hydrogen-bond acceptors (Lipinski definition) is 2. The first-order valence-corrected chi connectivity index (χ1v) is 0.926. The minimum atomic E-state index is 0. The van der Waals surface area contributed by atoms with Crippen LogP contribution in [0.25, 0.3) is 0 Å².